The van der Waals surface area contributed by atoms with Crippen LogP contribution in [0.15, 0.2) is 42.2 Å². The van der Waals surface area contributed by atoms with E-state index in [9.17, 15) is 9.90 Å². The molecule has 0 spiro atoms. The molecule has 1 N–H and O–H groups in total. The number of hydrogen-bond donors (Lipinski definition) is 1. The number of allylic oxidation sites excluding steroid dienone is 1. The normalized spacial score (nSPS) is 19.1. The molecule has 0 saturated carbocycles. The number of piperazine rings is 1. The Kier molecular flexibility index (Phi) is 5.40. The number of ketones is 1. The van der Waals surface area contributed by atoms with Crippen LogP contribution >= 0.6 is 11.6 Å². The van der Waals surface area contributed by atoms with E-state index in [1.807, 2.05) is 12.1 Å². The summed E-state index contributed by atoms with van der Waals surface area (Å²) in [5.74, 6) is 0.397. The monoisotopic (exact) mass is 398 g/mol. The molecule has 0 bridgehead atoms. The summed E-state index contributed by atoms with van der Waals surface area (Å²) in [6, 6.07) is 10.3. The summed E-state index contributed by atoms with van der Waals surface area (Å²) in [6.45, 7) is 7.81. The van der Waals surface area contributed by atoms with Gasteiger partial charge >= 0.3 is 0 Å². The molecule has 0 amide bonds. The number of nitrogens with zero attached hydrogens (tertiary/aromatic N) is 1. The molecular formula is C22H23ClN2O3. The van der Waals surface area contributed by atoms with Crippen molar-refractivity contribution in [2.24, 2.45) is 0 Å². The third kappa shape index (κ3) is 3.78. The van der Waals surface area contributed by atoms with E-state index in [1.54, 1.807) is 24.3 Å². The van der Waals surface area contributed by atoms with Gasteiger partial charge in [0.1, 0.15) is 12.3 Å². The van der Waals surface area contributed by atoms with E-state index in [0.29, 0.717) is 28.4 Å². The Bertz CT molecular complexity index is 933. The van der Waals surface area contributed by atoms with Crippen LogP contribution in [0.25, 0.3) is 6.08 Å². The van der Waals surface area contributed by atoms with E-state index in [-0.39, 0.29) is 17.3 Å². The van der Waals surface area contributed by atoms with Gasteiger partial charge in [0.25, 0.3) is 0 Å². The number of carbonyl (C=O) groups is 1. The molecule has 28 heavy (non-hydrogen) atoms. The van der Waals surface area contributed by atoms with Gasteiger partial charge in [-0.2, -0.15) is 0 Å². The van der Waals surface area contributed by atoms with Crippen LogP contribution in [-0.4, -0.2) is 43.4 Å². The Labute approximate surface area is 169 Å². The number of carbonyl (C=O) groups excluding carboxylic acids is 1. The maximum absolute atomic E-state index is 12.8. The van der Waals surface area contributed by atoms with Gasteiger partial charge in [-0.05, 0) is 36.4 Å². The van der Waals surface area contributed by atoms with E-state index >= 15 is 0 Å². The van der Waals surface area contributed by atoms with Crippen molar-refractivity contribution in [3.05, 3.63) is 63.9 Å². The zero-order valence-electron chi connectivity index (χ0n) is 15.8. The Morgan fingerprint density at radius 2 is 2.04 bits per heavy atom. The van der Waals surface area contributed by atoms with Crippen molar-refractivity contribution in [2.45, 2.75) is 13.5 Å². The molecule has 0 radical (unpaired) electrons. The fraction of sp³-hybridized carbons (Fsp3) is 0.318. The van der Waals surface area contributed by atoms with Gasteiger partial charge < -0.3 is 14.7 Å². The summed E-state index contributed by atoms with van der Waals surface area (Å²) in [7, 11) is 0. The number of ether oxygens (including phenoxy) is 1. The highest BCUT2D eigenvalue weighted by atomic mass is 35.5. The molecule has 0 atom stereocenters. The summed E-state index contributed by atoms with van der Waals surface area (Å²) < 4.78 is 5.90. The predicted molar refractivity (Wildman–Crippen MR) is 107 cm³/mol. The number of halogens is 1. The highest BCUT2D eigenvalue weighted by molar-refractivity contribution is 6.30. The van der Waals surface area contributed by atoms with Crippen molar-refractivity contribution in [3.63, 3.8) is 0 Å². The van der Waals surface area contributed by atoms with Gasteiger partial charge in [0.15, 0.2) is 5.76 Å². The maximum atomic E-state index is 12.8. The van der Waals surface area contributed by atoms with Gasteiger partial charge in [0.05, 0.1) is 18.7 Å². The molecule has 5 nitrogen and oxygen atoms in total. The lowest BCUT2D eigenvalue weighted by Gasteiger charge is -2.32. The van der Waals surface area contributed by atoms with Crippen molar-refractivity contribution in [2.75, 3.05) is 32.7 Å². The maximum Gasteiger partial charge on any atom is 0.231 e. The second kappa shape index (κ2) is 7.95. The highest BCUT2D eigenvalue weighted by Crippen LogP contribution is 2.38. The molecular weight excluding hydrogens is 376 g/mol. The SMILES string of the molecule is CCN1CC[NH+](Cc2c([O-])ccc3c2O/C(=C\c2cccc(Cl)c2)C3=O)CC1. The van der Waals surface area contributed by atoms with Gasteiger partial charge in [-0.3, -0.25) is 9.69 Å². The average molecular weight is 399 g/mol. The number of rotatable bonds is 4. The lowest BCUT2D eigenvalue weighted by molar-refractivity contribution is -0.918. The van der Waals surface area contributed by atoms with Gasteiger partial charge in [-0.1, -0.05) is 42.5 Å². The average Bonchev–Trinajstić information content (AvgIpc) is 3.00. The molecule has 2 aliphatic heterocycles. The largest absolute Gasteiger partial charge is 0.872 e. The van der Waals surface area contributed by atoms with Gasteiger partial charge in [0.2, 0.25) is 5.78 Å². The zero-order chi connectivity index (χ0) is 19.7. The quantitative estimate of drug-likeness (QED) is 0.797. The molecule has 1 fully saturated rings. The molecule has 1 saturated heterocycles. The molecule has 2 aromatic carbocycles. The lowest BCUT2D eigenvalue weighted by Crippen LogP contribution is -3.13. The first-order valence-electron chi connectivity index (χ1n) is 9.63. The van der Waals surface area contributed by atoms with Gasteiger partial charge in [-0.25, -0.2) is 0 Å². The van der Waals surface area contributed by atoms with Crippen LogP contribution in [0.5, 0.6) is 11.5 Å². The van der Waals surface area contributed by atoms with Crippen molar-refractivity contribution in [3.8, 4) is 11.5 Å². The lowest BCUT2D eigenvalue weighted by atomic mass is 10.0. The van der Waals surface area contributed by atoms with Crippen molar-refractivity contribution < 1.29 is 19.5 Å². The number of likely N-dealkylation sites (N-methyl/N-ethyl adjacent to an activating group) is 1. The van der Waals surface area contributed by atoms with Crippen molar-refractivity contribution >= 4 is 23.5 Å². The Balaban J connectivity index is 1.59. The first kappa shape index (κ1) is 19.0. The van der Waals surface area contributed by atoms with Gasteiger partial charge in [-0.15, -0.1) is 0 Å². The Morgan fingerprint density at radius 3 is 2.75 bits per heavy atom. The Morgan fingerprint density at radius 1 is 1.25 bits per heavy atom. The number of nitrogens with one attached hydrogen (secondary N) is 1. The molecule has 0 aromatic heterocycles. The summed E-state index contributed by atoms with van der Waals surface area (Å²) in [4.78, 5) is 16.5. The molecule has 4 rings (SSSR count). The molecule has 146 valence electrons. The smallest absolute Gasteiger partial charge is 0.231 e. The van der Waals surface area contributed by atoms with Crippen LogP contribution in [0.4, 0.5) is 0 Å². The molecule has 2 aromatic rings. The van der Waals surface area contributed by atoms with Crippen LogP contribution in [0, 0.1) is 0 Å². The second-order valence-electron chi connectivity index (χ2n) is 7.27. The number of benzene rings is 2. The van der Waals surface area contributed by atoms with Gasteiger partial charge in [0, 0.05) is 23.7 Å². The Hall–Kier alpha value is -2.34. The minimum Gasteiger partial charge on any atom is -0.872 e. The molecule has 2 aliphatic rings. The van der Waals surface area contributed by atoms with E-state index in [2.05, 4.69) is 11.8 Å². The minimum absolute atomic E-state index is 0.0685. The topological polar surface area (TPSA) is 57.0 Å². The van der Waals surface area contributed by atoms with Crippen LogP contribution in [0.3, 0.4) is 0 Å². The van der Waals surface area contributed by atoms with Crippen LogP contribution < -0.4 is 14.7 Å². The summed E-state index contributed by atoms with van der Waals surface area (Å²) in [6.07, 6.45) is 1.68. The number of Topliss-reactive ketones (excluding diaryl/α,β-unsaturated/α-hetero) is 1. The van der Waals surface area contributed by atoms with E-state index in [4.69, 9.17) is 16.3 Å². The summed E-state index contributed by atoms with van der Waals surface area (Å²) in [5, 5.41) is 13.1. The first-order chi connectivity index (χ1) is 13.5. The van der Waals surface area contributed by atoms with Crippen LogP contribution in [0.2, 0.25) is 5.02 Å². The molecule has 0 unspecified atom stereocenters. The third-order valence-corrected chi connectivity index (χ3v) is 5.72. The standard InChI is InChI=1S/C22H23ClN2O3/c1-2-24-8-10-25(11-9-24)14-18-19(26)7-6-17-21(27)20(28-22(17)18)13-15-4-3-5-16(23)12-15/h3-7,12-13,26H,2,8-11,14H2,1H3/b20-13-. The number of hydrogen-bond acceptors (Lipinski definition) is 4. The molecule has 6 heteroatoms. The third-order valence-electron chi connectivity index (χ3n) is 5.48. The van der Waals surface area contributed by atoms with Crippen LogP contribution in [0.1, 0.15) is 28.4 Å². The minimum atomic E-state index is -0.193. The number of fused-ring (bicyclic) bond motifs is 1. The zero-order valence-corrected chi connectivity index (χ0v) is 16.6. The van der Waals surface area contributed by atoms with Crippen molar-refractivity contribution in [1.29, 1.82) is 0 Å². The summed E-state index contributed by atoms with van der Waals surface area (Å²) >= 11 is 6.03. The molecule has 2 heterocycles. The first-order valence-corrected chi connectivity index (χ1v) is 10.0. The second-order valence-corrected chi connectivity index (χ2v) is 7.71. The van der Waals surface area contributed by atoms with E-state index in [1.165, 1.54) is 11.0 Å². The summed E-state index contributed by atoms with van der Waals surface area (Å²) in [5.41, 5.74) is 1.85. The van der Waals surface area contributed by atoms with E-state index < -0.39 is 0 Å². The fourth-order valence-corrected chi connectivity index (χ4v) is 4.02. The number of quaternary nitrogens is 1. The predicted octanol–water partition coefficient (Wildman–Crippen LogP) is 1.75. The van der Waals surface area contributed by atoms with E-state index in [0.717, 1.165) is 38.3 Å². The molecule has 0 aliphatic carbocycles. The van der Waals surface area contributed by atoms with Crippen molar-refractivity contribution in [1.82, 2.24) is 4.90 Å². The highest BCUT2D eigenvalue weighted by Gasteiger charge is 2.31. The fourth-order valence-electron chi connectivity index (χ4n) is 3.82. The van der Waals surface area contributed by atoms with Crippen LogP contribution in [-0.2, 0) is 6.54 Å².